The number of nitrogens with zero attached hydrogens (tertiary/aromatic N) is 2. The lowest BCUT2D eigenvalue weighted by Crippen LogP contribution is -2.20. The molecule has 0 spiro atoms. The summed E-state index contributed by atoms with van der Waals surface area (Å²) in [5.74, 6) is 1.45. The van der Waals surface area contributed by atoms with Crippen molar-refractivity contribution in [2.45, 2.75) is 34.2 Å². The Morgan fingerprint density at radius 2 is 1.90 bits per heavy atom. The minimum absolute atomic E-state index is 0.640. The molecule has 0 fully saturated rings. The summed E-state index contributed by atoms with van der Waals surface area (Å²) in [5, 5.41) is 3.43. The molecule has 2 aromatic rings. The van der Waals surface area contributed by atoms with Crippen LogP contribution in [0.1, 0.15) is 30.8 Å². The highest BCUT2D eigenvalue weighted by Gasteiger charge is 2.08. The predicted octanol–water partition coefficient (Wildman–Crippen LogP) is 4.27. The molecule has 4 heteroatoms. The zero-order chi connectivity index (χ0) is 15.4. The first-order valence-corrected chi connectivity index (χ1v) is 8.07. The molecule has 0 aliphatic heterocycles. The molecule has 0 unspecified atom stereocenters. The monoisotopic (exact) mass is 347 g/mol. The Bertz CT molecular complexity index is 623. The summed E-state index contributed by atoms with van der Waals surface area (Å²) in [6.45, 7) is 10.3. The molecule has 0 bridgehead atoms. The highest BCUT2D eigenvalue weighted by atomic mass is 79.9. The second kappa shape index (κ2) is 7.14. The fourth-order valence-corrected chi connectivity index (χ4v) is 2.69. The molecule has 3 nitrogen and oxygen atoms in total. The van der Waals surface area contributed by atoms with Crippen LogP contribution in [0.15, 0.2) is 28.7 Å². The van der Waals surface area contributed by atoms with E-state index in [0.717, 1.165) is 40.3 Å². The van der Waals surface area contributed by atoms with Gasteiger partial charge in [-0.25, -0.2) is 9.97 Å². The van der Waals surface area contributed by atoms with Gasteiger partial charge >= 0.3 is 0 Å². The van der Waals surface area contributed by atoms with E-state index in [1.54, 1.807) is 0 Å². The van der Waals surface area contributed by atoms with Crippen molar-refractivity contribution in [2.24, 2.45) is 5.92 Å². The van der Waals surface area contributed by atoms with Gasteiger partial charge in [-0.15, -0.1) is 0 Å². The minimum atomic E-state index is 0.640. The van der Waals surface area contributed by atoms with E-state index in [9.17, 15) is 0 Å². The van der Waals surface area contributed by atoms with E-state index in [2.05, 4.69) is 59.1 Å². The zero-order valence-electron chi connectivity index (χ0n) is 13.1. The van der Waals surface area contributed by atoms with Crippen molar-refractivity contribution >= 4 is 15.9 Å². The molecule has 1 heterocycles. The van der Waals surface area contributed by atoms with Gasteiger partial charge in [0, 0.05) is 22.3 Å². The molecule has 0 radical (unpaired) electrons. The van der Waals surface area contributed by atoms with Crippen molar-refractivity contribution in [3.8, 4) is 11.4 Å². The molecule has 0 aliphatic carbocycles. The first-order chi connectivity index (χ1) is 9.95. The third-order valence-electron chi connectivity index (χ3n) is 3.20. The molecule has 1 aromatic heterocycles. The lowest BCUT2D eigenvalue weighted by Gasteiger charge is -2.10. The van der Waals surface area contributed by atoms with Crippen LogP contribution in [0.3, 0.4) is 0 Å². The second-order valence-corrected chi connectivity index (χ2v) is 6.72. The maximum atomic E-state index is 4.70. The van der Waals surface area contributed by atoms with Crippen molar-refractivity contribution in [3.63, 3.8) is 0 Å². The maximum Gasteiger partial charge on any atom is 0.159 e. The van der Waals surface area contributed by atoms with Gasteiger partial charge in [0.1, 0.15) is 0 Å². The van der Waals surface area contributed by atoms with E-state index in [4.69, 9.17) is 4.98 Å². The third kappa shape index (κ3) is 4.61. The topological polar surface area (TPSA) is 37.8 Å². The molecule has 0 amide bonds. The quantitative estimate of drug-likeness (QED) is 0.877. The molecular formula is C17H22BrN3. The Morgan fingerprint density at radius 3 is 2.57 bits per heavy atom. The van der Waals surface area contributed by atoms with Crippen LogP contribution in [0, 0.1) is 19.8 Å². The summed E-state index contributed by atoms with van der Waals surface area (Å²) in [7, 11) is 0. The zero-order valence-corrected chi connectivity index (χ0v) is 14.7. The van der Waals surface area contributed by atoms with E-state index >= 15 is 0 Å². The van der Waals surface area contributed by atoms with Gasteiger partial charge in [0.25, 0.3) is 0 Å². The summed E-state index contributed by atoms with van der Waals surface area (Å²) >= 11 is 3.49. The van der Waals surface area contributed by atoms with Gasteiger partial charge in [-0.2, -0.15) is 0 Å². The van der Waals surface area contributed by atoms with Crippen molar-refractivity contribution < 1.29 is 0 Å². The minimum Gasteiger partial charge on any atom is -0.311 e. The van der Waals surface area contributed by atoms with Gasteiger partial charge < -0.3 is 5.32 Å². The Kier molecular flexibility index (Phi) is 5.48. The van der Waals surface area contributed by atoms with E-state index in [0.29, 0.717) is 5.92 Å². The number of rotatable bonds is 5. The summed E-state index contributed by atoms with van der Waals surface area (Å²) in [6, 6.07) is 8.24. The molecular weight excluding hydrogens is 326 g/mol. The van der Waals surface area contributed by atoms with Gasteiger partial charge in [-0.3, -0.25) is 0 Å². The van der Waals surface area contributed by atoms with Crippen LogP contribution in [0.25, 0.3) is 11.4 Å². The molecule has 0 saturated heterocycles. The molecule has 2 rings (SSSR count). The lowest BCUT2D eigenvalue weighted by atomic mass is 10.1. The number of hydrogen-bond donors (Lipinski definition) is 1. The first kappa shape index (κ1) is 16.1. The Morgan fingerprint density at radius 1 is 1.14 bits per heavy atom. The molecule has 0 atom stereocenters. The van der Waals surface area contributed by atoms with Crippen LogP contribution in [-0.2, 0) is 6.54 Å². The largest absolute Gasteiger partial charge is 0.311 e. The van der Waals surface area contributed by atoms with Gasteiger partial charge in [0.2, 0.25) is 0 Å². The van der Waals surface area contributed by atoms with Crippen LogP contribution in [0.5, 0.6) is 0 Å². The average molecular weight is 348 g/mol. The number of nitrogens with one attached hydrogen (secondary N) is 1. The molecule has 1 N–H and O–H groups in total. The average Bonchev–Trinajstić information content (AvgIpc) is 2.37. The standard InChI is InChI=1S/C17H22BrN3/c1-11(2)9-19-10-15-8-13(4)20-17(21-15)16-6-5-14(18)7-12(16)3/h5-8,11,19H,9-10H2,1-4H3. The Hall–Kier alpha value is -1.26. The number of aryl methyl sites for hydroxylation is 2. The fraction of sp³-hybridized carbons (Fsp3) is 0.412. The van der Waals surface area contributed by atoms with E-state index in [1.165, 1.54) is 5.56 Å². The van der Waals surface area contributed by atoms with Crippen LogP contribution >= 0.6 is 15.9 Å². The highest BCUT2D eigenvalue weighted by molar-refractivity contribution is 9.10. The number of hydrogen-bond acceptors (Lipinski definition) is 3. The van der Waals surface area contributed by atoms with Gasteiger partial charge in [0.15, 0.2) is 5.82 Å². The molecule has 21 heavy (non-hydrogen) atoms. The maximum absolute atomic E-state index is 4.70. The highest BCUT2D eigenvalue weighted by Crippen LogP contribution is 2.23. The van der Waals surface area contributed by atoms with Crippen molar-refractivity contribution in [1.29, 1.82) is 0 Å². The fourth-order valence-electron chi connectivity index (χ4n) is 2.21. The van der Waals surface area contributed by atoms with Crippen molar-refractivity contribution in [1.82, 2.24) is 15.3 Å². The van der Waals surface area contributed by atoms with E-state index in [-0.39, 0.29) is 0 Å². The molecule has 1 aromatic carbocycles. The SMILES string of the molecule is Cc1cc(CNCC(C)C)nc(-c2ccc(Br)cc2C)n1. The summed E-state index contributed by atoms with van der Waals surface area (Å²) in [5.41, 5.74) is 4.31. The van der Waals surface area contributed by atoms with Crippen LogP contribution in [0.2, 0.25) is 0 Å². The van der Waals surface area contributed by atoms with E-state index in [1.807, 2.05) is 19.1 Å². The second-order valence-electron chi connectivity index (χ2n) is 5.81. The van der Waals surface area contributed by atoms with Crippen LogP contribution < -0.4 is 5.32 Å². The summed E-state index contributed by atoms with van der Waals surface area (Å²) in [6.07, 6.45) is 0. The van der Waals surface area contributed by atoms with Crippen molar-refractivity contribution in [2.75, 3.05) is 6.54 Å². The third-order valence-corrected chi connectivity index (χ3v) is 3.69. The van der Waals surface area contributed by atoms with Crippen molar-refractivity contribution in [3.05, 3.63) is 45.7 Å². The number of benzene rings is 1. The van der Waals surface area contributed by atoms with E-state index < -0.39 is 0 Å². The lowest BCUT2D eigenvalue weighted by molar-refractivity contribution is 0.548. The Balaban J connectivity index is 2.26. The summed E-state index contributed by atoms with van der Waals surface area (Å²) in [4.78, 5) is 9.29. The van der Waals surface area contributed by atoms with Crippen LogP contribution in [0.4, 0.5) is 0 Å². The normalized spacial score (nSPS) is 11.1. The van der Waals surface area contributed by atoms with Gasteiger partial charge in [0.05, 0.1) is 5.69 Å². The number of aromatic nitrogens is 2. The van der Waals surface area contributed by atoms with Crippen LogP contribution in [-0.4, -0.2) is 16.5 Å². The molecule has 112 valence electrons. The first-order valence-electron chi connectivity index (χ1n) is 7.27. The Labute approximate surface area is 135 Å². The predicted molar refractivity (Wildman–Crippen MR) is 91.2 cm³/mol. The van der Waals surface area contributed by atoms with Gasteiger partial charge in [-0.05, 0) is 56.1 Å². The smallest absolute Gasteiger partial charge is 0.159 e. The molecule has 0 aliphatic rings. The van der Waals surface area contributed by atoms with Gasteiger partial charge in [-0.1, -0.05) is 29.8 Å². The molecule has 0 saturated carbocycles. The summed E-state index contributed by atoms with van der Waals surface area (Å²) < 4.78 is 1.08. The number of halogens is 1.